The van der Waals surface area contributed by atoms with Gasteiger partial charge in [0.1, 0.15) is 17.4 Å². The average Bonchev–Trinajstić information content (AvgIpc) is 3.23. The first-order chi connectivity index (χ1) is 12.1. The summed E-state index contributed by atoms with van der Waals surface area (Å²) in [5.74, 6) is 0.262. The third-order valence-corrected chi connectivity index (χ3v) is 4.39. The van der Waals surface area contributed by atoms with Gasteiger partial charge in [0, 0.05) is 30.1 Å². The van der Waals surface area contributed by atoms with Crippen LogP contribution in [0.25, 0.3) is 0 Å². The summed E-state index contributed by atoms with van der Waals surface area (Å²) >= 11 is 7.18. The molecule has 1 aromatic carbocycles. The molecule has 0 saturated carbocycles. The Bertz CT molecular complexity index is 845. The predicted octanol–water partition coefficient (Wildman–Crippen LogP) is 3.51. The molecule has 0 unspecified atom stereocenters. The van der Waals surface area contributed by atoms with Crippen molar-refractivity contribution in [3.8, 4) is 5.75 Å². The van der Waals surface area contributed by atoms with E-state index in [0.717, 1.165) is 5.56 Å². The van der Waals surface area contributed by atoms with Gasteiger partial charge >= 0.3 is 5.97 Å². The third-order valence-electron chi connectivity index (χ3n) is 3.32. The Morgan fingerprint density at radius 3 is 2.84 bits per heavy atom. The number of esters is 1. The number of thiazole rings is 1. The molecule has 8 heteroatoms. The first-order valence-electron chi connectivity index (χ1n) is 7.57. The van der Waals surface area contributed by atoms with Crippen molar-refractivity contribution >= 4 is 28.9 Å². The van der Waals surface area contributed by atoms with E-state index in [1.807, 2.05) is 13.2 Å². The fourth-order valence-electron chi connectivity index (χ4n) is 2.08. The molecule has 0 aliphatic carbocycles. The van der Waals surface area contributed by atoms with Crippen LogP contribution in [-0.2, 0) is 24.8 Å². The van der Waals surface area contributed by atoms with Gasteiger partial charge in [-0.1, -0.05) is 11.6 Å². The van der Waals surface area contributed by atoms with Crippen molar-refractivity contribution in [2.45, 2.75) is 13.0 Å². The van der Waals surface area contributed by atoms with Gasteiger partial charge in [-0.05, 0) is 29.8 Å². The fraction of sp³-hybridized carbons (Fsp3) is 0.235. The number of rotatable bonds is 7. The number of aromatic nitrogens is 3. The van der Waals surface area contributed by atoms with Gasteiger partial charge in [0.05, 0.1) is 12.8 Å². The summed E-state index contributed by atoms with van der Waals surface area (Å²) in [5.41, 5.74) is 1.32. The van der Waals surface area contributed by atoms with Crippen LogP contribution in [0.4, 0.5) is 0 Å². The highest BCUT2D eigenvalue weighted by Gasteiger charge is 2.13. The molecular formula is C17H16ClN3O3S. The van der Waals surface area contributed by atoms with E-state index >= 15 is 0 Å². The van der Waals surface area contributed by atoms with E-state index in [-0.39, 0.29) is 6.61 Å². The Morgan fingerprint density at radius 2 is 2.12 bits per heavy atom. The molecule has 0 aliphatic rings. The number of carbonyl (C=O) groups excluding carboxylic acids is 1. The van der Waals surface area contributed by atoms with Gasteiger partial charge in [-0.2, -0.15) is 5.10 Å². The predicted molar refractivity (Wildman–Crippen MR) is 95.1 cm³/mol. The molecule has 3 rings (SSSR count). The summed E-state index contributed by atoms with van der Waals surface area (Å²) in [4.78, 5) is 16.3. The summed E-state index contributed by atoms with van der Waals surface area (Å²) < 4.78 is 12.6. The standard InChI is InChI=1S/C17H16ClN3O3S/c1-21-9-12(8-19-21)6-7-23-17(22)15-11-25-16(20-15)10-24-14-4-2-13(18)3-5-14/h2-5,8-9,11H,6-7,10H2,1H3. The Kier molecular flexibility index (Phi) is 5.67. The van der Waals surface area contributed by atoms with Crippen LogP contribution in [0.1, 0.15) is 21.1 Å². The quantitative estimate of drug-likeness (QED) is 0.589. The lowest BCUT2D eigenvalue weighted by Gasteiger charge is -2.03. The van der Waals surface area contributed by atoms with Crippen molar-refractivity contribution in [1.29, 1.82) is 0 Å². The van der Waals surface area contributed by atoms with Crippen LogP contribution in [0.2, 0.25) is 5.02 Å². The zero-order valence-electron chi connectivity index (χ0n) is 13.5. The molecule has 0 aliphatic heterocycles. The van der Waals surface area contributed by atoms with Gasteiger partial charge in [0.15, 0.2) is 5.69 Å². The lowest BCUT2D eigenvalue weighted by atomic mass is 10.3. The third kappa shape index (κ3) is 5.04. The van der Waals surface area contributed by atoms with E-state index in [0.29, 0.717) is 34.5 Å². The van der Waals surface area contributed by atoms with Crippen molar-refractivity contribution < 1.29 is 14.3 Å². The largest absolute Gasteiger partial charge is 0.486 e. The molecule has 0 saturated heterocycles. The molecular weight excluding hydrogens is 362 g/mol. The molecule has 0 spiro atoms. The zero-order chi connectivity index (χ0) is 17.6. The van der Waals surface area contributed by atoms with Crippen LogP contribution in [0.3, 0.4) is 0 Å². The Balaban J connectivity index is 1.46. The first kappa shape index (κ1) is 17.4. The number of benzene rings is 1. The van der Waals surface area contributed by atoms with E-state index in [2.05, 4.69) is 10.1 Å². The molecule has 0 atom stereocenters. The van der Waals surface area contributed by atoms with E-state index in [1.165, 1.54) is 11.3 Å². The van der Waals surface area contributed by atoms with Gasteiger partial charge in [0.25, 0.3) is 0 Å². The van der Waals surface area contributed by atoms with E-state index in [1.54, 1.807) is 40.5 Å². The maximum atomic E-state index is 12.0. The first-order valence-corrected chi connectivity index (χ1v) is 8.83. The maximum absolute atomic E-state index is 12.0. The van der Waals surface area contributed by atoms with E-state index < -0.39 is 5.97 Å². The monoisotopic (exact) mass is 377 g/mol. The normalized spacial score (nSPS) is 10.6. The van der Waals surface area contributed by atoms with Crippen LogP contribution in [0.5, 0.6) is 5.75 Å². The molecule has 0 fully saturated rings. The Labute approximate surface area is 154 Å². The number of aryl methyl sites for hydroxylation is 1. The fourth-order valence-corrected chi connectivity index (χ4v) is 2.88. The number of nitrogens with zero attached hydrogens (tertiary/aromatic N) is 3. The summed E-state index contributed by atoms with van der Waals surface area (Å²) in [5, 5.41) is 7.10. The van der Waals surface area contributed by atoms with Gasteiger partial charge in [-0.3, -0.25) is 4.68 Å². The van der Waals surface area contributed by atoms with Crippen LogP contribution < -0.4 is 4.74 Å². The van der Waals surface area contributed by atoms with Crippen molar-refractivity contribution in [3.05, 3.63) is 63.3 Å². The highest BCUT2D eigenvalue weighted by molar-refractivity contribution is 7.09. The molecule has 0 amide bonds. The second-order valence-electron chi connectivity index (χ2n) is 5.28. The lowest BCUT2D eigenvalue weighted by Crippen LogP contribution is -2.08. The molecule has 6 nitrogen and oxygen atoms in total. The summed E-state index contributed by atoms with van der Waals surface area (Å²) in [6.07, 6.45) is 4.27. The number of ether oxygens (including phenoxy) is 2. The van der Waals surface area contributed by atoms with Crippen LogP contribution in [0, 0.1) is 0 Å². The number of carbonyl (C=O) groups is 1. The van der Waals surface area contributed by atoms with Crippen molar-refractivity contribution in [3.63, 3.8) is 0 Å². The minimum atomic E-state index is -0.433. The van der Waals surface area contributed by atoms with Gasteiger partial charge in [-0.15, -0.1) is 11.3 Å². The van der Waals surface area contributed by atoms with Crippen molar-refractivity contribution in [1.82, 2.24) is 14.8 Å². The number of hydrogen-bond acceptors (Lipinski definition) is 6. The summed E-state index contributed by atoms with van der Waals surface area (Å²) in [7, 11) is 1.85. The smallest absolute Gasteiger partial charge is 0.357 e. The molecule has 0 radical (unpaired) electrons. The number of halogens is 1. The lowest BCUT2D eigenvalue weighted by molar-refractivity contribution is 0.0503. The highest BCUT2D eigenvalue weighted by Crippen LogP contribution is 2.18. The zero-order valence-corrected chi connectivity index (χ0v) is 15.1. The summed E-state index contributed by atoms with van der Waals surface area (Å²) in [6, 6.07) is 7.07. The van der Waals surface area contributed by atoms with Gasteiger partial charge in [0.2, 0.25) is 0 Å². The van der Waals surface area contributed by atoms with Gasteiger partial charge in [-0.25, -0.2) is 9.78 Å². The molecule has 3 aromatic rings. The molecule has 25 heavy (non-hydrogen) atoms. The number of hydrogen-bond donors (Lipinski definition) is 0. The van der Waals surface area contributed by atoms with Crippen LogP contribution in [-0.4, -0.2) is 27.3 Å². The van der Waals surface area contributed by atoms with E-state index in [9.17, 15) is 4.79 Å². The maximum Gasteiger partial charge on any atom is 0.357 e. The van der Waals surface area contributed by atoms with Crippen LogP contribution >= 0.6 is 22.9 Å². The van der Waals surface area contributed by atoms with E-state index in [4.69, 9.17) is 21.1 Å². The van der Waals surface area contributed by atoms with Crippen LogP contribution in [0.15, 0.2) is 42.0 Å². The minimum Gasteiger partial charge on any atom is -0.486 e. The second-order valence-corrected chi connectivity index (χ2v) is 6.66. The average molecular weight is 378 g/mol. The molecule has 0 N–H and O–H groups in total. The highest BCUT2D eigenvalue weighted by atomic mass is 35.5. The Hall–Kier alpha value is -2.38. The topological polar surface area (TPSA) is 66.2 Å². The molecule has 130 valence electrons. The molecule has 2 heterocycles. The van der Waals surface area contributed by atoms with Gasteiger partial charge < -0.3 is 9.47 Å². The summed E-state index contributed by atoms with van der Waals surface area (Å²) in [6.45, 7) is 0.577. The Morgan fingerprint density at radius 1 is 1.32 bits per heavy atom. The second kappa shape index (κ2) is 8.13. The molecule has 0 bridgehead atoms. The van der Waals surface area contributed by atoms with Crippen molar-refractivity contribution in [2.75, 3.05) is 6.61 Å². The minimum absolute atomic E-state index is 0.287. The van der Waals surface area contributed by atoms with Crippen molar-refractivity contribution in [2.24, 2.45) is 7.05 Å². The SMILES string of the molecule is Cn1cc(CCOC(=O)c2csc(COc3ccc(Cl)cc3)n2)cn1. The molecule has 2 aromatic heterocycles.